The first kappa shape index (κ1) is 11.9. The van der Waals surface area contributed by atoms with E-state index in [-0.39, 0.29) is 5.91 Å². The molecule has 0 saturated heterocycles. The van der Waals surface area contributed by atoms with Gasteiger partial charge in [0, 0.05) is 6.54 Å². The minimum atomic E-state index is -0.119. The average molecular weight is 231 g/mol. The molecular formula is C14H17NO2. The molecule has 1 aromatic carbocycles. The predicted octanol–water partition coefficient (Wildman–Crippen LogP) is 1.60. The fourth-order valence-corrected chi connectivity index (χ4v) is 1.98. The van der Waals surface area contributed by atoms with E-state index in [0.29, 0.717) is 13.2 Å². The molecule has 1 aliphatic rings. The maximum atomic E-state index is 11.0. The highest BCUT2D eigenvalue weighted by molar-refractivity contribution is 5.86. The number of rotatable bonds is 4. The third-order valence-electron chi connectivity index (χ3n) is 2.94. The predicted molar refractivity (Wildman–Crippen MR) is 66.7 cm³/mol. The second-order valence-electron chi connectivity index (χ2n) is 4.15. The molecule has 0 aliphatic carbocycles. The van der Waals surface area contributed by atoms with E-state index in [2.05, 4.69) is 30.1 Å². The minimum Gasteiger partial charge on any atom is -0.376 e. The van der Waals surface area contributed by atoms with E-state index in [1.165, 1.54) is 22.8 Å². The lowest BCUT2D eigenvalue weighted by atomic mass is 9.99. The zero-order valence-electron chi connectivity index (χ0n) is 9.87. The van der Waals surface area contributed by atoms with Crippen LogP contribution in [0.4, 0.5) is 0 Å². The Hall–Kier alpha value is -1.61. The number of ether oxygens (including phenoxy) is 1. The van der Waals surface area contributed by atoms with Crippen molar-refractivity contribution in [3.05, 3.63) is 47.5 Å². The van der Waals surface area contributed by atoms with E-state index in [9.17, 15) is 4.79 Å². The summed E-state index contributed by atoms with van der Waals surface area (Å²) in [6.45, 7) is 5.59. The summed E-state index contributed by atoms with van der Waals surface area (Å²) < 4.78 is 5.43. The van der Waals surface area contributed by atoms with Gasteiger partial charge in [0.15, 0.2) is 0 Å². The SMILES string of the molecule is C=CC(=O)NCCc1ccc2c(c1)COCC2. The van der Waals surface area contributed by atoms with Crippen LogP contribution in [0, 0.1) is 0 Å². The molecule has 0 unspecified atom stereocenters. The number of hydrogen-bond donors (Lipinski definition) is 1. The van der Waals surface area contributed by atoms with Crippen LogP contribution in [-0.4, -0.2) is 19.1 Å². The molecule has 1 heterocycles. The monoisotopic (exact) mass is 231 g/mol. The molecule has 0 bridgehead atoms. The van der Waals surface area contributed by atoms with Crippen LogP contribution in [0.3, 0.4) is 0 Å². The second-order valence-corrected chi connectivity index (χ2v) is 4.15. The van der Waals surface area contributed by atoms with E-state index in [4.69, 9.17) is 4.74 Å². The van der Waals surface area contributed by atoms with Gasteiger partial charge in [-0.05, 0) is 35.6 Å². The van der Waals surface area contributed by atoms with Gasteiger partial charge >= 0.3 is 0 Å². The molecule has 0 spiro atoms. The summed E-state index contributed by atoms with van der Waals surface area (Å²) in [5.41, 5.74) is 3.90. The van der Waals surface area contributed by atoms with Gasteiger partial charge in [0.25, 0.3) is 0 Å². The quantitative estimate of drug-likeness (QED) is 0.799. The Kier molecular flexibility index (Phi) is 3.94. The van der Waals surface area contributed by atoms with E-state index < -0.39 is 0 Å². The lowest BCUT2D eigenvalue weighted by molar-refractivity contribution is -0.116. The third-order valence-corrected chi connectivity index (χ3v) is 2.94. The van der Waals surface area contributed by atoms with Crippen LogP contribution in [0.15, 0.2) is 30.9 Å². The van der Waals surface area contributed by atoms with Crippen LogP contribution in [0.1, 0.15) is 16.7 Å². The van der Waals surface area contributed by atoms with Gasteiger partial charge in [-0.25, -0.2) is 0 Å². The summed E-state index contributed by atoms with van der Waals surface area (Å²) in [5.74, 6) is -0.119. The van der Waals surface area contributed by atoms with Crippen molar-refractivity contribution in [2.75, 3.05) is 13.2 Å². The van der Waals surface area contributed by atoms with Gasteiger partial charge in [0.05, 0.1) is 13.2 Å². The molecule has 1 N–H and O–H groups in total. The van der Waals surface area contributed by atoms with Crippen molar-refractivity contribution in [1.29, 1.82) is 0 Å². The molecule has 0 aromatic heterocycles. The highest BCUT2D eigenvalue weighted by atomic mass is 16.5. The molecule has 1 aliphatic heterocycles. The lowest BCUT2D eigenvalue weighted by Gasteiger charge is -2.17. The van der Waals surface area contributed by atoms with Crippen molar-refractivity contribution in [1.82, 2.24) is 5.32 Å². The molecule has 0 saturated carbocycles. The zero-order chi connectivity index (χ0) is 12.1. The molecule has 3 nitrogen and oxygen atoms in total. The van der Waals surface area contributed by atoms with E-state index in [0.717, 1.165) is 19.4 Å². The molecule has 0 radical (unpaired) electrons. The highest BCUT2D eigenvalue weighted by Crippen LogP contribution is 2.18. The van der Waals surface area contributed by atoms with Gasteiger partial charge in [0.1, 0.15) is 0 Å². The van der Waals surface area contributed by atoms with Crippen molar-refractivity contribution in [3.63, 3.8) is 0 Å². The molecule has 1 aromatic rings. The van der Waals surface area contributed by atoms with Crippen LogP contribution >= 0.6 is 0 Å². The normalized spacial score (nSPS) is 13.9. The van der Waals surface area contributed by atoms with E-state index in [1.54, 1.807) is 0 Å². The van der Waals surface area contributed by atoms with Crippen LogP contribution in [0.5, 0.6) is 0 Å². The summed E-state index contributed by atoms with van der Waals surface area (Å²) >= 11 is 0. The standard InChI is InChI=1S/C14H17NO2/c1-2-14(16)15-7-5-11-3-4-12-6-8-17-10-13(12)9-11/h2-4,9H,1,5-8,10H2,(H,15,16). The first-order valence-electron chi connectivity index (χ1n) is 5.88. The Morgan fingerprint density at radius 2 is 2.35 bits per heavy atom. The zero-order valence-corrected chi connectivity index (χ0v) is 9.87. The maximum absolute atomic E-state index is 11.0. The molecular weight excluding hydrogens is 214 g/mol. The topological polar surface area (TPSA) is 38.3 Å². The summed E-state index contributed by atoms with van der Waals surface area (Å²) in [7, 11) is 0. The van der Waals surface area contributed by atoms with Crippen LogP contribution < -0.4 is 5.32 Å². The van der Waals surface area contributed by atoms with Crippen molar-refractivity contribution < 1.29 is 9.53 Å². The molecule has 17 heavy (non-hydrogen) atoms. The maximum Gasteiger partial charge on any atom is 0.243 e. The lowest BCUT2D eigenvalue weighted by Crippen LogP contribution is -2.23. The first-order valence-corrected chi connectivity index (χ1v) is 5.88. The van der Waals surface area contributed by atoms with Crippen molar-refractivity contribution >= 4 is 5.91 Å². The van der Waals surface area contributed by atoms with Crippen molar-refractivity contribution in [3.8, 4) is 0 Å². The molecule has 2 rings (SSSR count). The van der Waals surface area contributed by atoms with Gasteiger partial charge in [-0.2, -0.15) is 0 Å². The summed E-state index contributed by atoms with van der Waals surface area (Å²) in [6, 6.07) is 6.47. The Labute approximate surface area is 101 Å². The van der Waals surface area contributed by atoms with Crippen LogP contribution in [0.25, 0.3) is 0 Å². The minimum absolute atomic E-state index is 0.119. The van der Waals surface area contributed by atoms with Gasteiger partial charge in [0.2, 0.25) is 5.91 Å². The van der Waals surface area contributed by atoms with Gasteiger partial charge in [-0.3, -0.25) is 4.79 Å². The number of amides is 1. The van der Waals surface area contributed by atoms with Crippen LogP contribution in [-0.2, 0) is 29.0 Å². The van der Waals surface area contributed by atoms with E-state index in [1.807, 2.05) is 0 Å². The van der Waals surface area contributed by atoms with Crippen molar-refractivity contribution in [2.24, 2.45) is 0 Å². The summed E-state index contributed by atoms with van der Waals surface area (Å²) in [6.07, 6.45) is 3.14. The second kappa shape index (κ2) is 5.64. The fourth-order valence-electron chi connectivity index (χ4n) is 1.98. The largest absolute Gasteiger partial charge is 0.376 e. The molecule has 0 fully saturated rings. The summed E-state index contributed by atoms with van der Waals surface area (Å²) in [5, 5.41) is 2.77. The van der Waals surface area contributed by atoms with Gasteiger partial charge < -0.3 is 10.1 Å². The number of benzene rings is 1. The third kappa shape index (κ3) is 3.17. The summed E-state index contributed by atoms with van der Waals surface area (Å²) in [4.78, 5) is 11.0. The number of hydrogen-bond acceptors (Lipinski definition) is 2. The molecule has 90 valence electrons. The molecule has 0 atom stereocenters. The first-order chi connectivity index (χ1) is 8.29. The Morgan fingerprint density at radius 3 is 3.18 bits per heavy atom. The molecule has 1 amide bonds. The Bertz CT molecular complexity index is 426. The number of nitrogens with one attached hydrogen (secondary N) is 1. The Morgan fingerprint density at radius 1 is 1.47 bits per heavy atom. The smallest absolute Gasteiger partial charge is 0.243 e. The number of fused-ring (bicyclic) bond motifs is 1. The van der Waals surface area contributed by atoms with Crippen LogP contribution in [0.2, 0.25) is 0 Å². The average Bonchev–Trinajstić information content (AvgIpc) is 2.38. The van der Waals surface area contributed by atoms with E-state index >= 15 is 0 Å². The fraction of sp³-hybridized carbons (Fsp3) is 0.357. The Balaban J connectivity index is 1.93. The van der Waals surface area contributed by atoms with Gasteiger partial charge in [-0.1, -0.05) is 24.8 Å². The number of carbonyl (C=O) groups excluding carboxylic acids is 1. The molecule has 3 heteroatoms. The highest BCUT2D eigenvalue weighted by Gasteiger charge is 2.09. The van der Waals surface area contributed by atoms with Crippen molar-refractivity contribution in [2.45, 2.75) is 19.4 Å². The number of carbonyl (C=O) groups is 1. The van der Waals surface area contributed by atoms with Gasteiger partial charge in [-0.15, -0.1) is 0 Å².